The zero-order valence-corrected chi connectivity index (χ0v) is 15.9. The summed E-state index contributed by atoms with van der Waals surface area (Å²) in [6, 6.07) is 21.9. The molecule has 0 bridgehead atoms. The summed E-state index contributed by atoms with van der Waals surface area (Å²) in [7, 11) is 0. The maximum atomic E-state index is 13.0. The van der Waals surface area contributed by atoms with Crippen LogP contribution >= 0.6 is 11.8 Å². The van der Waals surface area contributed by atoms with Crippen molar-refractivity contribution in [2.75, 3.05) is 25.4 Å². The third-order valence-electron chi connectivity index (χ3n) is 5.32. The lowest BCUT2D eigenvalue weighted by molar-refractivity contribution is -0.133. The maximum absolute atomic E-state index is 13.0. The van der Waals surface area contributed by atoms with Crippen molar-refractivity contribution in [1.29, 1.82) is 0 Å². The van der Waals surface area contributed by atoms with Crippen LogP contribution in [0.1, 0.15) is 30.0 Å². The Kier molecular flexibility index (Phi) is 5.61. The van der Waals surface area contributed by atoms with E-state index in [9.17, 15) is 4.79 Å². The summed E-state index contributed by atoms with van der Waals surface area (Å²) in [5.41, 5.74) is 2.54. The number of benzene rings is 2. The fourth-order valence-electron chi connectivity index (χ4n) is 3.75. The predicted molar refractivity (Wildman–Crippen MR) is 108 cm³/mol. The monoisotopic (exact) mass is 366 g/mol. The van der Waals surface area contributed by atoms with E-state index in [0.29, 0.717) is 5.75 Å². The molecule has 1 amide bonds. The molecule has 4 heteroatoms. The Labute approximate surface area is 160 Å². The van der Waals surface area contributed by atoms with Gasteiger partial charge in [0.05, 0.1) is 11.8 Å². The number of nitrogens with zero attached hydrogens (tertiary/aromatic N) is 2. The van der Waals surface area contributed by atoms with Gasteiger partial charge in [0, 0.05) is 31.4 Å². The van der Waals surface area contributed by atoms with Crippen LogP contribution in [0.5, 0.6) is 0 Å². The van der Waals surface area contributed by atoms with Crippen molar-refractivity contribution in [3.05, 3.63) is 71.8 Å². The molecule has 1 atom stereocenters. The van der Waals surface area contributed by atoms with Crippen molar-refractivity contribution in [3.63, 3.8) is 0 Å². The number of hydrogen-bond acceptors (Lipinski definition) is 3. The number of carbonyl (C=O) groups excluding carboxylic acids is 1. The Bertz CT molecular complexity index is 717. The highest BCUT2D eigenvalue weighted by molar-refractivity contribution is 7.99. The van der Waals surface area contributed by atoms with Gasteiger partial charge < -0.3 is 4.90 Å². The molecule has 0 N–H and O–H groups in total. The van der Waals surface area contributed by atoms with E-state index in [1.54, 1.807) is 11.8 Å². The van der Waals surface area contributed by atoms with Crippen LogP contribution in [0, 0.1) is 0 Å². The molecule has 4 rings (SSSR count). The SMILES string of the molecule is O=C(CSCc1ccccc1)N1CCN(C2CC2)CC1c1ccccc1. The Morgan fingerprint density at radius 3 is 2.35 bits per heavy atom. The molecule has 3 nitrogen and oxygen atoms in total. The Morgan fingerprint density at radius 2 is 1.65 bits per heavy atom. The van der Waals surface area contributed by atoms with Gasteiger partial charge >= 0.3 is 0 Å². The Balaban J connectivity index is 1.40. The van der Waals surface area contributed by atoms with Crippen molar-refractivity contribution in [3.8, 4) is 0 Å². The molecule has 2 aromatic carbocycles. The van der Waals surface area contributed by atoms with Crippen LogP contribution in [0.2, 0.25) is 0 Å². The molecule has 2 fully saturated rings. The van der Waals surface area contributed by atoms with Gasteiger partial charge in [0.1, 0.15) is 0 Å². The minimum Gasteiger partial charge on any atom is -0.332 e. The fraction of sp³-hybridized carbons (Fsp3) is 0.409. The zero-order valence-electron chi connectivity index (χ0n) is 15.1. The van der Waals surface area contributed by atoms with Crippen molar-refractivity contribution in [1.82, 2.24) is 9.80 Å². The highest BCUT2D eigenvalue weighted by Crippen LogP contribution is 2.33. The van der Waals surface area contributed by atoms with Gasteiger partial charge in [0.2, 0.25) is 5.91 Å². The van der Waals surface area contributed by atoms with Gasteiger partial charge in [-0.1, -0.05) is 60.7 Å². The van der Waals surface area contributed by atoms with Gasteiger partial charge in [0.25, 0.3) is 0 Å². The van der Waals surface area contributed by atoms with E-state index in [4.69, 9.17) is 0 Å². The van der Waals surface area contributed by atoms with Gasteiger partial charge in [-0.15, -0.1) is 11.8 Å². The number of carbonyl (C=O) groups is 1. The van der Waals surface area contributed by atoms with Gasteiger partial charge in [-0.2, -0.15) is 0 Å². The molecule has 1 saturated heterocycles. The third-order valence-corrected chi connectivity index (χ3v) is 6.31. The first kappa shape index (κ1) is 17.6. The van der Waals surface area contributed by atoms with Gasteiger partial charge in [-0.25, -0.2) is 0 Å². The van der Waals surface area contributed by atoms with E-state index >= 15 is 0 Å². The summed E-state index contributed by atoms with van der Waals surface area (Å²) in [6.45, 7) is 2.84. The van der Waals surface area contributed by atoms with Crippen LogP contribution < -0.4 is 0 Å². The van der Waals surface area contributed by atoms with E-state index < -0.39 is 0 Å². The molecule has 136 valence electrons. The number of piperazine rings is 1. The second kappa shape index (κ2) is 8.28. The molecule has 1 aliphatic heterocycles. The normalized spacial score (nSPS) is 20.9. The molecule has 1 unspecified atom stereocenters. The van der Waals surface area contributed by atoms with Crippen LogP contribution in [0.3, 0.4) is 0 Å². The molecule has 26 heavy (non-hydrogen) atoms. The first-order valence-corrected chi connectivity index (χ1v) is 10.7. The summed E-state index contributed by atoms with van der Waals surface area (Å²) in [5, 5.41) is 0. The molecule has 0 spiro atoms. The minimum absolute atomic E-state index is 0.190. The van der Waals surface area contributed by atoms with Crippen LogP contribution in [0.25, 0.3) is 0 Å². The molecule has 1 heterocycles. The molecule has 0 radical (unpaired) electrons. The lowest BCUT2D eigenvalue weighted by Crippen LogP contribution is -2.51. The Hall–Kier alpha value is -1.78. The maximum Gasteiger partial charge on any atom is 0.233 e. The lowest BCUT2D eigenvalue weighted by Gasteiger charge is -2.42. The molecule has 1 aliphatic carbocycles. The van der Waals surface area contributed by atoms with Crippen LogP contribution in [-0.2, 0) is 10.5 Å². The average Bonchev–Trinajstić information content (AvgIpc) is 3.54. The van der Waals surface area contributed by atoms with Crippen LogP contribution in [-0.4, -0.2) is 47.1 Å². The highest BCUT2D eigenvalue weighted by Gasteiger charge is 2.37. The summed E-state index contributed by atoms with van der Waals surface area (Å²) in [6.07, 6.45) is 2.64. The first-order chi connectivity index (χ1) is 12.8. The highest BCUT2D eigenvalue weighted by atomic mass is 32.2. The van der Waals surface area contributed by atoms with Crippen molar-refractivity contribution >= 4 is 17.7 Å². The first-order valence-electron chi connectivity index (χ1n) is 9.51. The number of hydrogen-bond donors (Lipinski definition) is 0. The summed E-state index contributed by atoms with van der Waals surface area (Å²) >= 11 is 1.72. The zero-order chi connectivity index (χ0) is 17.8. The molecule has 2 aromatic rings. The van der Waals surface area contributed by atoms with Crippen LogP contribution in [0.4, 0.5) is 0 Å². The smallest absolute Gasteiger partial charge is 0.233 e. The second-order valence-electron chi connectivity index (χ2n) is 7.22. The van der Waals surface area contributed by atoms with E-state index in [1.165, 1.54) is 24.0 Å². The number of amides is 1. The molecular formula is C22H26N2OS. The molecule has 1 saturated carbocycles. The van der Waals surface area contributed by atoms with Crippen LogP contribution in [0.15, 0.2) is 60.7 Å². The van der Waals surface area contributed by atoms with Crippen molar-refractivity contribution in [2.24, 2.45) is 0 Å². The summed E-state index contributed by atoms with van der Waals surface area (Å²) in [4.78, 5) is 17.6. The van der Waals surface area contributed by atoms with E-state index in [-0.39, 0.29) is 11.9 Å². The van der Waals surface area contributed by atoms with E-state index in [1.807, 2.05) is 12.1 Å². The molecule has 2 aliphatic rings. The molecular weight excluding hydrogens is 340 g/mol. The van der Waals surface area contributed by atoms with E-state index in [2.05, 4.69) is 58.3 Å². The van der Waals surface area contributed by atoms with Gasteiger partial charge in [-0.3, -0.25) is 9.69 Å². The van der Waals surface area contributed by atoms with Crippen molar-refractivity contribution < 1.29 is 4.79 Å². The predicted octanol–water partition coefficient (Wildman–Crippen LogP) is 3.97. The summed E-state index contributed by atoms with van der Waals surface area (Å²) < 4.78 is 0. The summed E-state index contributed by atoms with van der Waals surface area (Å²) in [5.74, 6) is 1.72. The largest absolute Gasteiger partial charge is 0.332 e. The minimum atomic E-state index is 0.190. The third kappa shape index (κ3) is 4.30. The van der Waals surface area contributed by atoms with Gasteiger partial charge in [-0.05, 0) is 24.0 Å². The van der Waals surface area contributed by atoms with E-state index in [0.717, 1.165) is 31.4 Å². The Morgan fingerprint density at radius 1 is 0.962 bits per heavy atom. The van der Waals surface area contributed by atoms with Crippen molar-refractivity contribution in [2.45, 2.75) is 30.7 Å². The number of rotatable bonds is 6. The quantitative estimate of drug-likeness (QED) is 0.773. The standard InChI is InChI=1S/C22H26N2OS/c25-22(17-26-16-18-7-3-1-4-8-18)24-14-13-23(20-11-12-20)15-21(24)19-9-5-2-6-10-19/h1-10,20-21H,11-17H2. The average molecular weight is 367 g/mol. The fourth-order valence-corrected chi connectivity index (χ4v) is 4.62. The second-order valence-corrected chi connectivity index (χ2v) is 8.20. The number of thioether (sulfide) groups is 1. The molecule has 0 aromatic heterocycles. The van der Waals surface area contributed by atoms with Gasteiger partial charge in [0.15, 0.2) is 0 Å². The lowest BCUT2D eigenvalue weighted by atomic mass is 10.0. The topological polar surface area (TPSA) is 23.6 Å².